The predicted octanol–water partition coefficient (Wildman–Crippen LogP) is 4.60. The Balaban J connectivity index is 1.96. The third-order valence-corrected chi connectivity index (χ3v) is 4.44. The minimum Gasteiger partial charge on any atom is -0.465 e. The highest BCUT2D eigenvalue weighted by Crippen LogP contribution is 2.22. The number of hydrogen-bond acceptors (Lipinski definition) is 5. The molecule has 0 aliphatic heterocycles. The summed E-state index contributed by atoms with van der Waals surface area (Å²) in [5, 5.41) is 0. The summed E-state index contributed by atoms with van der Waals surface area (Å²) in [5.41, 5.74) is 2.76. The average Bonchev–Trinajstić information content (AvgIpc) is 2.70. The minimum atomic E-state index is -0.894. The molecule has 0 fully saturated rings. The number of benzene rings is 2. The van der Waals surface area contributed by atoms with Gasteiger partial charge < -0.3 is 9.47 Å². The number of ether oxygens (including phenoxy) is 2. The van der Waals surface area contributed by atoms with E-state index < -0.39 is 18.0 Å². The van der Waals surface area contributed by atoms with E-state index in [0.717, 1.165) is 5.56 Å². The third kappa shape index (κ3) is 6.14. The fourth-order valence-electron chi connectivity index (χ4n) is 2.65. The highest BCUT2D eigenvalue weighted by atomic mass is 16.5. The number of rotatable bonds is 6. The van der Waals surface area contributed by atoms with Crippen LogP contribution in [0.15, 0.2) is 54.6 Å². The number of Topliss-reactive ketones (excluding diaryl/α,β-unsaturated/α-hetero) is 1. The summed E-state index contributed by atoms with van der Waals surface area (Å²) in [6.45, 7) is 7.85. The van der Waals surface area contributed by atoms with Crippen LogP contribution in [0.4, 0.5) is 0 Å². The Morgan fingerprint density at radius 2 is 1.45 bits per heavy atom. The zero-order chi connectivity index (χ0) is 21.6. The lowest BCUT2D eigenvalue weighted by Crippen LogP contribution is -2.23. The molecule has 0 unspecified atom stereocenters. The number of esters is 2. The molecule has 29 heavy (non-hydrogen) atoms. The van der Waals surface area contributed by atoms with Crippen LogP contribution >= 0.6 is 0 Å². The van der Waals surface area contributed by atoms with Gasteiger partial charge in [0.25, 0.3) is 0 Å². The molecule has 152 valence electrons. The molecule has 0 aromatic heterocycles. The van der Waals surface area contributed by atoms with Gasteiger partial charge in [0.15, 0.2) is 6.10 Å². The second-order valence-corrected chi connectivity index (χ2v) is 7.72. The van der Waals surface area contributed by atoms with Crippen molar-refractivity contribution in [1.82, 2.24) is 0 Å². The third-order valence-electron chi connectivity index (χ3n) is 4.44. The van der Waals surface area contributed by atoms with Gasteiger partial charge in [0.05, 0.1) is 12.7 Å². The summed E-state index contributed by atoms with van der Waals surface area (Å²) in [4.78, 5) is 35.9. The summed E-state index contributed by atoms with van der Waals surface area (Å²) in [7, 11) is 1.31. The summed E-state index contributed by atoms with van der Waals surface area (Å²) in [6, 6.07) is 13.9. The molecule has 0 amide bonds. The highest BCUT2D eigenvalue weighted by molar-refractivity contribution is 6.01. The van der Waals surface area contributed by atoms with Crippen LogP contribution in [0.5, 0.6) is 0 Å². The first-order valence-corrected chi connectivity index (χ1v) is 9.33. The Morgan fingerprint density at radius 3 is 1.97 bits per heavy atom. The van der Waals surface area contributed by atoms with Gasteiger partial charge in [0.1, 0.15) is 0 Å². The average molecular weight is 394 g/mol. The quantitative estimate of drug-likeness (QED) is 0.407. The van der Waals surface area contributed by atoms with Gasteiger partial charge in [0.2, 0.25) is 5.78 Å². The van der Waals surface area contributed by atoms with E-state index in [1.54, 1.807) is 49.4 Å². The molecular weight excluding hydrogens is 368 g/mol. The first-order chi connectivity index (χ1) is 13.6. The van der Waals surface area contributed by atoms with Gasteiger partial charge >= 0.3 is 11.9 Å². The molecule has 5 heteroatoms. The van der Waals surface area contributed by atoms with Crippen molar-refractivity contribution in [3.05, 3.63) is 76.9 Å². The van der Waals surface area contributed by atoms with Crippen molar-refractivity contribution >= 4 is 23.8 Å². The van der Waals surface area contributed by atoms with Crippen molar-refractivity contribution < 1.29 is 23.9 Å². The van der Waals surface area contributed by atoms with Crippen molar-refractivity contribution in [2.75, 3.05) is 7.11 Å². The van der Waals surface area contributed by atoms with Gasteiger partial charge in [-0.1, -0.05) is 57.2 Å². The van der Waals surface area contributed by atoms with Crippen LogP contribution in [-0.4, -0.2) is 30.9 Å². The minimum absolute atomic E-state index is 0.000487. The summed E-state index contributed by atoms with van der Waals surface area (Å²) >= 11 is 0. The van der Waals surface area contributed by atoms with Crippen molar-refractivity contribution in [2.24, 2.45) is 0 Å². The van der Waals surface area contributed by atoms with Gasteiger partial charge in [-0.25, -0.2) is 9.59 Å². The number of ketones is 1. The molecule has 0 radical (unpaired) electrons. The molecule has 0 saturated carbocycles. The van der Waals surface area contributed by atoms with E-state index in [9.17, 15) is 14.4 Å². The van der Waals surface area contributed by atoms with Crippen LogP contribution in [0.3, 0.4) is 0 Å². The van der Waals surface area contributed by atoms with Gasteiger partial charge in [-0.3, -0.25) is 4.79 Å². The van der Waals surface area contributed by atoms with Gasteiger partial charge in [-0.05, 0) is 41.7 Å². The van der Waals surface area contributed by atoms with Crippen molar-refractivity contribution in [2.45, 2.75) is 39.2 Å². The fraction of sp³-hybridized carbons (Fsp3) is 0.292. The molecular formula is C24H26O5. The number of carbonyl (C=O) groups is 3. The maximum absolute atomic E-state index is 12.5. The van der Waals surface area contributed by atoms with Crippen LogP contribution in [-0.2, 0) is 19.7 Å². The van der Waals surface area contributed by atoms with E-state index in [-0.39, 0.29) is 11.2 Å². The van der Waals surface area contributed by atoms with E-state index in [0.29, 0.717) is 16.7 Å². The van der Waals surface area contributed by atoms with E-state index in [2.05, 4.69) is 25.5 Å². The summed E-state index contributed by atoms with van der Waals surface area (Å²) in [6.07, 6.45) is 1.91. The van der Waals surface area contributed by atoms with Crippen LogP contribution in [0.25, 0.3) is 6.08 Å². The zero-order valence-electron chi connectivity index (χ0n) is 17.4. The normalized spacial score (nSPS) is 12.4. The Morgan fingerprint density at radius 1 is 0.897 bits per heavy atom. The number of hydrogen-bond donors (Lipinski definition) is 0. The van der Waals surface area contributed by atoms with Gasteiger partial charge in [0, 0.05) is 11.6 Å². The lowest BCUT2D eigenvalue weighted by molar-refractivity contribution is -0.140. The first-order valence-electron chi connectivity index (χ1n) is 9.33. The van der Waals surface area contributed by atoms with Crippen LogP contribution < -0.4 is 0 Å². The lowest BCUT2D eigenvalue weighted by Gasteiger charge is -2.19. The molecule has 2 rings (SSSR count). The van der Waals surface area contributed by atoms with Crippen molar-refractivity contribution in [3.8, 4) is 0 Å². The summed E-state index contributed by atoms with van der Waals surface area (Å²) in [5.74, 6) is -1.30. The second kappa shape index (κ2) is 9.32. The predicted molar refractivity (Wildman–Crippen MR) is 112 cm³/mol. The Hall–Kier alpha value is -3.21. The van der Waals surface area contributed by atoms with E-state index in [4.69, 9.17) is 4.74 Å². The Bertz CT molecular complexity index is 900. The lowest BCUT2D eigenvalue weighted by atomic mass is 9.86. The molecule has 0 spiro atoms. The standard InChI is InChI=1S/C24H26O5/c1-16(22(26)18-11-13-20(14-12-18)24(2,3)4)29-21(25)15-8-17-6-9-19(10-7-17)23(27)28-5/h6-16H,1-5H3/b15-8+/t16-/m1/s1. The Labute approximate surface area is 171 Å². The van der Waals surface area contributed by atoms with Crippen molar-refractivity contribution in [1.29, 1.82) is 0 Å². The number of methoxy groups -OCH3 is 1. The van der Waals surface area contributed by atoms with Gasteiger partial charge in [-0.2, -0.15) is 0 Å². The molecule has 2 aromatic carbocycles. The SMILES string of the molecule is COC(=O)c1ccc(/C=C/C(=O)O[C@H](C)C(=O)c2ccc(C(C)(C)C)cc2)cc1. The van der Waals surface area contributed by atoms with Crippen LogP contribution in [0, 0.1) is 0 Å². The van der Waals surface area contributed by atoms with Gasteiger partial charge in [-0.15, -0.1) is 0 Å². The van der Waals surface area contributed by atoms with Crippen molar-refractivity contribution in [3.63, 3.8) is 0 Å². The second-order valence-electron chi connectivity index (χ2n) is 7.72. The molecule has 0 aliphatic rings. The molecule has 0 bridgehead atoms. The molecule has 0 aliphatic carbocycles. The zero-order valence-corrected chi connectivity index (χ0v) is 17.4. The number of carbonyl (C=O) groups excluding carboxylic acids is 3. The fourth-order valence-corrected chi connectivity index (χ4v) is 2.65. The molecule has 0 saturated heterocycles. The largest absolute Gasteiger partial charge is 0.465 e. The van der Waals surface area contributed by atoms with Crippen LogP contribution in [0.2, 0.25) is 0 Å². The molecule has 1 atom stereocenters. The summed E-state index contributed by atoms with van der Waals surface area (Å²) < 4.78 is 9.85. The van der Waals surface area contributed by atoms with E-state index in [1.807, 2.05) is 12.1 Å². The molecule has 2 aromatic rings. The maximum Gasteiger partial charge on any atom is 0.337 e. The smallest absolute Gasteiger partial charge is 0.337 e. The molecule has 0 N–H and O–H groups in total. The topological polar surface area (TPSA) is 69.7 Å². The highest BCUT2D eigenvalue weighted by Gasteiger charge is 2.20. The van der Waals surface area contributed by atoms with Crippen LogP contribution in [0.1, 0.15) is 59.5 Å². The van der Waals surface area contributed by atoms with E-state index >= 15 is 0 Å². The molecule has 0 heterocycles. The van der Waals surface area contributed by atoms with E-state index in [1.165, 1.54) is 13.2 Å². The first kappa shape index (κ1) is 22.1. The monoisotopic (exact) mass is 394 g/mol. The molecule has 5 nitrogen and oxygen atoms in total. The Kier molecular flexibility index (Phi) is 7.10. The maximum atomic E-state index is 12.5.